The van der Waals surface area contributed by atoms with Crippen molar-refractivity contribution in [2.24, 2.45) is 34.5 Å². The highest BCUT2D eigenvalue weighted by molar-refractivity contribution is 5.87. The van der Waals surface area contributed by atoms with Gasteiger partial charge in [-0.2, -0.15) is 0 Å². The SMILES string of the molecule is CCOCCCNC(=O)C(CCCCNC(=O)CC(C)CCCC(C)CCC1=C(C)CCCC1(C)C)NC(=O)CC(C)CCCC(C)CCC1=C(C)CCCC1(C)C. The van der Waals surface area contributed by atoms with Gasteiger partial charge in [0.05, 0.1) is 0 Å². The van der Waals surface area contributed by atoms with Crippen molar-refractivity contribution >= 4 is 17.7 Å². The highest BCUT2D eigenvalue weighted by Crippen LogP contribution is 2.44. The number of hydrogen-bond acceptors (Lipinski definition) is 4. The molecule has 2 rings (SSSR count). The molecule has 2 aliphatic carbocycles. The Morgan fingerprint density at radius 2 is 1.09 bits per heavy atom. The van der Waals surface area contributed by atoms with Gasteiger partial charge in [-0.1, -0.05) is 116 Å². The van der Waals surface area contributed by atoms with Crippen LogP contribution in [0.5, 0.6) is 0 Å². The highest BCUT2D eigenvalue weighted by Gasteiger charge is 2.29. The zero-order chi connectivity index (χ0) is 43.1. The van der Waals surface area contributed by atoms with E-state index in [0.717, 1.165) is 38.5 Å². The van der Waals surface area contributed by atoms with E-state index in [4.69, 9.17) is 4.74 Å². The summed E-state index contributed by atoms with van der Waals surface area (Å²) in [5.41, 5.74) is 7.37. The van der Waals surface area contributed by atoms with Gasteiger partial charge in [-0.15, -0.1) is 0 Å². The van der Waals surface area contributed by atoms with Gasteiger partial charge in [0.25, 0.3) is 0 Å². The topological polar surface area (TPSA) is 96.5 Å². The number of hydrogen-bond donors (Lipinski definition) is 3. The normalized spacial score (nSPS) is 19.3. The molecule has 0 aromatic rings. The van der Waals surface area contributed by atoms with Gasteiger partial charge in [-0.05, 0) is 145 Å². The van der Waals surface area contributed by atoms with Crippen molar-refractivity contribution in [3.05, 3.63) is 22.3 Å². The lowest BCUT2D eigenvalue weighted by atomic mass is 9.70. The largest absolute Gasteiger partial charge is 0.382 e. The van der Waals surface area contributed by atoms with Crippen LogP contribution >= 0.6 is 0 Å². The molecule has 0 fully saturated rings. The fraction of sp³-hybridized carbons (Fsp3) is 0.863. The number of allylic oxidation sites excluding steroid dienone is 4. The molecule has 3 amide bonds. The first kappa shape index (κ1) is 52.0. The van der Waals surface area contributed by atoms with E-state index in [1.54, 1.807) is 22.3 Å². The first-order valence-electron chi connectivity index (χ1n) is 24.2. The third-order valence-electron chi connectivity index (χ3n) is 13.9. The molecular weight excluding hydrogens is 719 g/mol. The van der Waals surface area contributed by atoms with E-state index < -0.39 is 6.04 Å². The summed E-state index contributed by atoms with van der Waals surface area (Å²) in [6, 6.07) is -0.568. The maximum atomic E-state index is 13.2. The molecule has 2 aliphatic rings. The third-order valence-corrected chi connectivity index (χ3v) is 13.9. The summed E-state index contributed by atoms with van der Waals surface area (Å²) in [6.07, 6.45) is 23.4. The van der Waals surface area contributed by atoms with E-state index in [1.165, 1.54) is 83.5 Å². The van der Waals surface area contributed by atoms with Crippen molar-refractivity contribution in [1.82, 2.24) is 16.0 Å². The maximum absolute atomic E-state index is 13.2. The molecule has 58 heavy (non-hydrogen) atoms. The number of unbranched alkanes of at least 4 members (excludes halogenated alkanes) is 1. The molecule has 336 valence electrons. The van der Waals surface area contributed by atoms with E-state index in [9.17, 15) is 14.4 Å². The summed E-state index contributed by atoms with van der Waals surface area (Å²) >= 11 is 0. The minimum atomic E-state index is -0.568. The fourth-order valence-electron chi connectivity index (χ4n) is 9.94. The predicted octanol–water partition coefficient (Wildman–Crippen LogP) is 12.6. The summed E-state index contributed by atoms with van der Waals surface area (Å²) < 4.78 is 5.43. The van der Waals surface area contributed by atoms with Crippen LogP contribution in [0, 0.1) is 34.5 Å². The van der Waals surface area contributed by atoms with Crippen LogP contribution in [0.15, 0.2) is 22.3 Å². The van der Waals surface area contributed by atoms with Crippen molar-refractivity contribution in [2.45, 2.75) is 223 Å². The molecule has 0 heterocycles. The zero-order valence-electron chi connectivity index (χ0n) is 39.9. The van der Waals surface area contributed by atoms with Crippen LogP contribution < -0.4 is 16.0 Å². The molecular formula is C51H93N3O4. The molecule has 0 radical (unpaired) electrons. The number of amides is 3. The van der Waals surface area contributed by atoms with Crippen LogP contribution in [-0.4, -0.2) is 50.1 Å². The maximum Gasteiger partial charge on any atom is 0.242 e. The molecule has 3 N–H and O–H groups in total. The Bertz CT molecular complexity index is 1280. The van der Waals surface area contributed by atoms with E-state index in [2.05, 4.69) is 85.2 Å². The van der Waals surface area contributed by atoms with Crippen molar-refractivity contribution in [3.63, 3.8) is 0 Å². The van der Waals surface area contributed by atoms with E-state index in [-0.39, 0.29) is 23.6 Å². The number of rotatable bonds is 30. The lowest BCUT2D eigenvalue weighted by molar-refractivity contribution is -0.129. The molecule has 0 aromatic carbocycles. The summed E-state index contributed by atoms with van der Waals surface area (Å²) in [4.78, 5) is 39.2. The number of nitrogens with one attached hydrogen (secondary N) is 3. The van der Waals surface area contributed by atoms with E-state index in [0.29, 0.717) is 74.1 Å². The molecule has 7 nitrogen and oxygen atoms in total. The molecule has 0 bridgehead atoms. The van der Waals surface area contributed by atoms with Crippen molar-refractivity contribution in [1.29, 1.82) is 0 Å². The van der Waals surface area contributed by atoms with Gasteiger partial charge in [-0.3, -0.25) is 14.4 Å². The van der Waals surface area contributed by atoms with Gasteiger partial charge < -0.3 is 20.7 Å². The Morgan fingerprint density at radius 1 is 0.603 bits per heavy atom. The molecule has 5 atom stereocenters. The predicted molar refractivity (Wildman–Crippen MR) is 246 cm³/mol. The summed E-state index contributed by atoms with van der Waals surface area (Å²) in [7, 11) is 0. The summed E-state index contributed by atoms with van der Waals surface area (Å²) in [5.74, 6) is 1.97. The Morgan fingerprint density at radius 3 is 1.59 bits per heavy atom. The van der Waals surface area contributed by atoms with Crippen LogP contribution in [-0.2, 0) is 19.1 Å². The lowest BCUT2D eigenvalue weighted by Crippen LogP contribution is -2.47. The molecule has 0 saturated carbocycles. The molecule has 0 spiro atoms. The Hall–Kier alpha value is -2.15. The summed E-state index contributed by atoms with van der Waals surface area (Å²) in [6.45, 7) is 27.9. The second kappa shape index (κ2) is 27.6. The minimum Gasteiger partial charge on any atom is -0.382 e. The van der Waals surface area contributed by atoms with Crippen molar-refractivity contribution < 1.29 is 19.1 Å². The van der Waals surface area contributed by atoms with Crippen LogP contribution in [0.25, 0.3) is 0 Å². The first-order valence-corrected chi connectivity index (χ1v) is 24.2. The smallest absolute Gasteiger partial charge is 0.242 e. The monoisotopic (exact) mass is 812 g/mol. The van der Waals surface area contributed by atoms with Crippen molar-refractivity contribution in [3.8, 4) is 0 Å². The average Bonchev–Trinajstić information content (AvgIpc) is 3.13. The standard InChI is InChI=1S/C51H93N3O4/c1-12-58-35-19-34-53-49(57)46(54-48(56)37-41(5)23-16-21-39(3)28-30-45-43(7)25-18-32-51(45,10)11)26-13-14-33-52-47(55)36-40(4)22-15-20-38(2)27-29-44-42(6)24-17-31-50(44,8)9/h38-41,46H,12-37H2,1-11H3,(H,52,55)(H,53,57)(H,54,56). The average molecular weight is 812 g/mol. The van der Waals surface area contributed by atoms with Crippen LogP contribution in [0.4, 0.5) is 0 Å². The van der Waals surface area contributed by atoms with Gasteiger partial charge in [0, 0.05) is 39.1 Å². The molecule has 5 unspecified atom stereocenters. The second-order valence-corrected chi connectivity index (χ2v) is 20.6. The zero-order valence-corrected chi connectivity index (χ0v) is 39.9. The Labute approximate surface area is 358 Å². The Balaban J connectivity index is 1.69. The first-order chi connectivity index (χ1) is 27.4. The van der Waals surface area contributed by atoms with Crippen LogP contribution in [0.3, 0.4) is 0 Å². The van der Waals surface area contributed by atoms with Gasteiger partial charge in [-0.25, -0.2) is 0 Å². The summed E-state index contributed by atoms with van der Waals surface area (Å²) in [5, 5.41) is 9.20. The second-order valence-electron chi connectivity index (χ2n) is 20.6. The van der Waals surface area contributed by atoms with Gasteiger partial charge in [0.2, 0.25) is 17.7 Å². The van der Waals surface area contributed by atoms with Crippen LogP contribution in [0.1, 0.15) is 217 Å². The molecule has 0 aromatic heterocycles. The van der Waals surface area contributed by atoms with Gasteiger partial charge in [0.15, 0.2) is 0 Å². The highest BCUT2D eigenvalue weighted by atomic mass is 16.5. The minimum absolute atomic E-state index is 0.0469. The third kappa shape index (κ3) is 20.9. The molecule has 0 aliphatic heterocycles. The number of carbonyl (C=O) groups excluding carboxylic acids is 3. The number of carbonyl (C=O) groups is 3. The fourth-order valence-corrected chi connectivity index (χ4v) is 9.94. The Kier molecular flexibility index (Phi) is 24.8. The molecule has 0 saturated heterocycles. The van der Waals surface area contributed by atoms with Crippen molar-refractivity contribution in [2.75, 3.05) is 26.3 Å². The van der Waals surface area contributed by atoms with Crippen LogP contribution in [0.2, 0.25) is 0 Å². The van der Waals surface area contributed by atoms with Gasteiger partial charge >= 0.3 is 0 Å². The number of ether oxygens (including phenoxy) is 1. The quantitative estimate of drug-likeness (QED) is 0.0497. The van der Waals surface area contributed by atoms with Gasteiger partial charge in [0.1, 0.15) is 6.04 Å². The van der Waals surface area contributed by atoms with E-state index >= 15 is 0 Å². The lowest BCUT2D eigenvalue weighted by Gasteiger charge is -2.35. The molecule has 7 heteroatoms. The van der Waals surface area contributed by atoms with E-state index in [1.807, 2.05) is 6.92 Å².